The maximum Gasteiger partial charge on any atom is 0.158 e. The zero-order valence-corrected chi connectivity index (χ0v) is 20.1. The van der Waals surface area contributed by atoms with Gasteiger partial charge < -0.3 is 0 Å². The van der Waals surface area contributed by atoms with Gasteiger partial charge in [0.1, 0.15) is 0 Å². The number of nitrogens with zero attached hydrogens (tertiary/aromatic N) is 2. The highest BCUT2D eigenvalue weighted by atomic mass is 35.5. The van der Waals surface area contributed by atoms with Crippen LogP contribution in [0.1, 0.15) is 11.1 Å². The summed E-state index contributed by atoms with van der Waals surface area (Å²) in [6, 6.07) is 22.6. The number of nitriles is 2. The lowest BCUT2D eigenvalue weighted by atomic mass is 10.1. The standard InChI is InChI=1S/C20H9ClN2S6/c21-14-8-6-13(7-9-14)18-16(11-23)20(29-25-18)26-19(27-20)15(10-22)17(24-28-19)12-4-2-1-3-5-12/h1-9H. The molecule has 5 rings (SSSR count). The zero-order chi connectivity index (χ0) is 20.1. The van der Waals surface area contributed by atoms with Gasteiger partial charge in [-0.2, -0.15) is 10.5 Å². The summed E-state index contributed by atoms with van der Waals surface area (Å²) in [7, 11) is 6.72. The molecule has 3 aliphatic heterocycles. The first-order valence-corrected chi connectivity index (χ1v) is 14.6. The van der Waals surface area contributed by atoms with Crippen LogP contribution in [0.15, 0.2) is 65.7 Å². The number of hydrogen-bond donors (Lipinski definition) is 0. The van der Waals surface area contributed by atoms with Gasteiger partial charge in [-0.3, -0.25) is 0 Å². The summed E-state index contributed by atoms with van der Waals surface area (Å²) >= 11 is 9.46. The summed E-state index contributed by atoms with van der Waals surface area (Å²) in [6.45, 7) is 0. The van der Waals surface area contributed by atoms with E-state index in [1.54, 1.807) is 66.7 Å². The molecule has 1 saturated heterocycles. The van der Waals surface area contributed by atoms with E-state index in [4.69, 9.17) is 11.6 Å². The van der Waals surface area contributed by atoms with E-state index in [9.17, 15) is 10.5 Å². The van der Waals surface area contributed by atoms with Crippen LogP contribution in [-0.2, 0) is 0 Å². The first-order chi connectivity index (χ1) is 14.1. The molecule has 142 valence electrons. The molecule has 0 saturated carbocycles. The van der Waals surface area contributed by atoms with Gasteiger partial charge in [0.25, 0.3) is 0 Å². The summed E-state index contributed by atoms with van der Waals surface area (Å²) < 4.78 is -0.744. The molecule has 0 radical (unpaired) electrons. The van der Waals surface area contributed by atoms with Crippen LogP contribution in [0.2, 0.25) is 5.02 Å². The van der Waals surface area contributed by atoms with Crippen molar-refractivity contribution in [2.75, 3.05) is 0 Å². The monoisotopic (exact) mass is 504 g/mol. The van der Waals surface area contributed by atoms with Crippen molar-refractivity contribution in [3.8, 4) is 12.1 Å². The Morgan fingerprint density at radius 2 is 1.17 bits per heavy atom. The average molecular weight is 505 g/mol. The molecule has 2 nitrogen and oxygen atoms in total. The Kier molecular flexibility index (Phi) is 5.41. The fraction of sp³-hybridized carbons (Fsp3) is 0.100. The van der Waals surface area contributed by atoms with Crippen LogP contribution in [0.25, 0.3) is 9.81 Å². The van der Waals surface area contributed by atoms with Gasteiger partial charge in [0.2, 0.25) is 0 Å². The molecular weight excluding hydrogens is 496 g/mol. The van der Waals surface area contributed by atoms with Crippen molar-refractivity contribution >= 4 is 88.1 Å². The number of rotatable bonds is 2. The molecule has 3 aliphatic rings. The van der Waals surface area contributed by atoms with Crippen LogP contribution in [0, 0.1) is 22.7 Å². The SMILES string of the molecule is N#CC1=C(c2ccccc2)SSC12SC1(SSC(c3ccc(Cl)cc3)=C1C#N)S2. The highest BCUT2D eigenvalue weighted by molar-refractivity contribution is 8.90. The molecule has 0 amide bonds. The van der Waals surface area contributed by atoms with E-state index in [1.807, 2.05) is 54.6 Å². The molecule has 0 N–H and O–H groups in total. The molecular formula is C20H9ClN2S6. The summed E-state index contributed by atoms with van der Waals surface area (Å²) in [5.41, 5.74) is 3.65. The van der Waals surface area contributed by atoms with Crippen molar-refractivity contribution in [1.29, 1.82) is 10.5 Å². The maximum absolute atomic E-state index is 9.96. The molecule has 2 aromatic carbocycles. The Morgan fingerprint density at radius 1 is 0.690 bits per heavy atom. The molecule has 2 spiro atoms. The average Bonchev–Trinajstić information content (AvgIpc) is 3.29. The van der Waals surface area contributed by atoms with Crippen LogP contribution in [0.5, 0.6) is 0 Å². The van der Waals surface area contributed by atoms with Crippen LogP contribution < -0.4 is 0 Å². The minimum Gasteiger partial charge on any atom is -0.193 e. The third-order valence-corrected chi connectivity index (χ3v) is 16.1. The van der Waals surface area contributed by atoms with E-state index in [2.05, 4.69) is 12.1 Å². The molecule has 0 bridgehead atoms. The Hall–Kier alpha value is -0.710. The fourth-order valence-electron chi connectivity index (χ4n) is 3.09. The third-order valence-electron chi connectivity index (χ3n) is 4.44. The van der Waals surface area contributed by atoms with E-state index in [1.165, 1.54) is 0 Å². The molecule has 2 aromatic rings. The molecule has 0 unspecified atom stereocenters. The summed E-state index contributed by atoms with van der Waals surface area (Å²) in [4.78, 5) is 2.02. The number of hydrogen-bond acceptors (Lipinski definition) is 8. The van der Waals surface area contributed by atoms with Crippen molar-refractivity contribution < 1.29 is 0 Å². The lowest BCUT2D eigenvalue weighted by Gasteiger charge is -2.48. The number of thioether (sulfide) groups is 2. The first kappa shape index (κ1) is 20.2. The number of benzene rings is 2. The molecule has 0 atom stereocenters. The largest absolute Gasteiger partial charge is 0.193 e. The smallest absolute Gasteiger partial charge is 0.158 e. The van der Waals surface area contributed by atoms with Gasteiger partial charge in [-0.15, -0.1) is 0 Å². The van der Waals surface area contributed by atoms with Crippen LogP contribution in [0.4, 0.5) is 0 Å². The Labute approximate surface area is 198 Å². The Bertz CT molecular complexity index is 1140. The van der Waals surface area contributed by atoms with E-state index >= 15 is 0 Å². The summed E-state index contributed by atoms with van der Waals surface area (Å²) in [6.07, 6.45) is 0. The van der Waals surface area contributed by atoms with E-state index in [0.29, 0.717) is 5.02 Å². The van der Waals surface area contributed by atoms with E-state index in [-0.39, 0.29) is 6.82 Å². The molecule has 0 aliphatic carbocycles. The van der Waals surface area contributed by atoms with E-state index < -0.39 is 0 Å². The van der Waals surface area contributed by atoms with Gasteiger partial charge in [-0.05, 0) is 23.3 Å². The predicted molar refractivity (Wildman–Crippen MR) is 134 cm³/mol. The minimum absolute atomic E-state index is 0.365. The van der Waals surface area contributed by atoms with Gasteiger partial charge in [0.05, 0.1) is 23.3 Å². The van der Waals surface area contributed by atoms with Crippen molar-refractivity contribution in [2.45, 2.75) is 6.82 Å². The first-order valence-electron chi connectivity index (χ1n) is 8.33. The summed E-state index contributed by atoms with van der Waals surface area (Å²) in [5.74, 6) is 0. The molecule has 3 heterocycles. The molecule has 9 heteroatoms. The fourth-order valence-corrected chi connectivity index (χ4v) is 16.6. The lowest BCUT2D eigenvalue weighted by Crippen LogP contribution is -2.39. The molecule has 29 heavy (non-hydrogen) atoms. The predicted octanol–water partition coefficient (Wildman–Crippen LogP) is 8.09. The van der Waals surface area contributed by atoms with Gasteiger partial charge in [-0.1, -0.05) is 121 Å². The minimum atomic E-state index is -0.379. The lowest BCUT2D eigenvalue weighted by molar-refractivity contribution is 1.27. The van der Waals surface area contributed by atoms with Crippen molar-refractivity contribution in [3.63, 3.8) is 0 Å². The maximum atomic E-state index is 9.96. The van der Waals surface area contributed by atoms with Gasteiger partial charge >= 0.3 is 0 Å². The highest BCUT2D eigenvalue weighted by Crippen LogP contribution is 2.86. The molecule has 1 fully saturated rings. The second kappa shape index (κ2) is 7.76. The second-order valence-electron chi connectivity index (χ2n) is 6.15. The van der Waals surface area contributed by atoms with Crippen LogP contribution in [0.3, 0.4) is 0 Å². The van der Waals surface area contributed by atoms with Crippen LogP contribution in [-0.4, -0.2) is 6.82 Å². The van der Waals surface area contributed by atoms with Crippen LogP contribution >= 0.6 is 78.3 Å². The molecule has 0 aromatic heterocycles. The second-order valence-corrected chi connectivity index (χ2v) is 15.7. The Balaban J connectivity index is 1.49. The summed E-state index contributed by atoms with van der Waals surface area (Å²) in [5, 5.41) is 20.6. The normalized spacial score (nSPS) is 28.0. The van der Waals surface area contributed by atoms with Gasteiger partial charge in [0, 0.05) is 14.8 Å². The Morgan fingerprint density at radius 3 is 1.66 bits per heavy atom. The zero-order valence-electron chi connectivity index (χ0n) is 14.4. The highest BCUT2D eigenvalue weighted by Gasteiger charge is 2.67. The van der Waals surface area contributed by atoms with E-state index in [0.717, 1.165) is 32.1 Å². The van der Waals surface area contributed by atoms with Crippen molar-refractivity contribution in [1.82, 2.24) is 0 Å². The van der Waals surface area contributed by atoms with Gasteiger partial charge in [-0.25, -0.2) is 0 Å². The number of halogens is 1. The topological polar surface area (TPSA) is 47.6 Å². The van der Waals surface area contributed by atoms with Crippen molar-refractivity contribution in [2.24, 2.45) is 0 Å². The quantitative estimate of drug-likeness (QED) is 0.380. The van der Waals surface area contributed by atoms with Gasteiger partial charge in [0.15, 0.2) is 6.82 Å². The van der Waals surface area contributed by atoms with Crippen molar-refractivity contribution in [3.05, 3.63) is 81.9 Å². The third kappa shape index (κ3) is 3.25.